The largest absolute Gasteiger partial charge is 0.478 e. The Bertz CT molecular complexity index is 545. The average molecular weight is 293 g/mol. The number of rotatable bonds is 4. The maximum absolute atomic E-state index is 12.1. The van der Waals surface area contributed by atoms with Crippen molar-refractivity contribution < 1.29 is 14.7 Å². The lowest BCUT2D eigenvalue weighted by atomic mass is 9.92. The first-order chi connectivity index (χ1) is 9.35. The van der Waals surface area contributed by atoms with E-state index in [9.17, 15) is 9.59 Å². The Kier molecular flexibility index (Phi) is 4.28. The van der Waals surface area contributed by atoms with Crippen molar-refractivity contribution in [1.29, 1.82) is 0 Å². The van der Waals surface area contributed by atoms with Crippen molar-refractivity contribution in [2.45, 2.75) is 39.2 Å². The molecule has 1 saturated carbocycles. The van der Waals surface area contributed by atoms with Crippen LogP contribution in [0.15, 0.2) is 17.5 Å². The van der Waals surface area contributed by atoms with Gasteiger partial charge in [-0.3, -0.25) is 4.79 Å². The molecule has 1 atom stereocenters. The summed E-state index contributed by atoms with van der Waals surface area (Å²) in [5, 5.41) is 13.4. The Labute approximate surface area is 122 Å². The molecule has 4 nitrogen and oxygen atoms in total. The highest BCUT2D eigenvalue weighted by Crippen LogP contribution is 2.37. The molecule has 1 fully saturated rings. The van der Waals surface area contributed by atoms with Gasteiger partial charge in [-0.1, -0.05) is 13.8 Å². The number of hydrogen-bond acceptors (Lipinski definition) is 3. The minimum Gasteiger partial charge on any atom is -0.478 e. The fourth-order valence-electron chi connectivity index (χ4n) is 2.54. The number of carbonyl (C=O) groups is 2. The summed E-state index contributed by atoms with van der Waals surface area (Å²) in [6.45, 7) is 4.44. The van der Waals surface area contributed by atoms with Gasteiger partial charge in [0.15, 0.2) is 0 Å². The van der Waals surface area contributed by atoms with Gasteiger partial charge in [0, 0.05) is 22.4 Å². The highest BCUT2D eigenvalue weighted by atomic mass is 32.1. The number of carboxylic acid groups (broad SMARTS) is 1. The van der Waals surface area contributed by atoms with Crippen LogP contribution in [-0.4, -0.2) is 23.0 Å². The molecule has 0 bridgehead atoms. The highest BCUT2D eigenvalue weighted by Gasteiger charge is 2.31. The molecular formula is C15H19NO3S. The minimum atomic E-state index is -0.988. The van der Waals surface area contributed by atoms with Crippen LogP contribution in [0.5, 0.6) is 0 Å². The van der Waals surface area contributed by atoms with E-state index < -0.39 is 5.97 Å². The molecule has 1 aromatic heterocycles. The Morgan fingerprint density at radius 2 is 2.25 bits per heavy atom. The third-order valence-electron chi connectivity index (χ3n) is 3.58. The molecule has 2 N–H and O–H groups in total. The van der Waals surface area contributed by atoms with Gasteiger partial charge >= 0.3 is 5.97 Å². The maximum atomic E-state index is 12.1. The number of hydrogen-bond donors (Lipinski definition) is 2. The zero-order chi connectivity index (χ0) is 14.8. The third-order valence-corrected chi connectivity index (χ3v) is 4.47. The van der Waals surface area contributed by atoms with Gasteiger partial charge in [-0.05, 0) is 36.8 Å². The highest BCUT2D eigenvalue weighted by molar-refractivity contribution is 7.11. The topological polar surface area (TPSA) is 66.4 Å². The second-order valence-electron chi connectivity index (χ2n) is 5.99. The molecule has 1 aromatic rings. The summed E-state index contributed by atoms with van der Waals surface area (Å²) in [4.78, 5) is 23.3. The molecular weight excluding hydrogens is 274 g/mol. The van der Waals surface area contributed by atoms with Gasteiger partial charge in [-0.2, -0.15) is 0 Å². The SMILES string of the molecule is CC1(C)CCC(NC(=O)c2csc(/C=C/C(=O)O)c2)C1. The number of amides is 1. The molecule has 0 spiro atoms. The van der Waals surface area contributed by atoms with E-state index in [1.165, 1.54) is 17.4 Å². The second kappa shape index (κ2) is 5.79. The number of carbonyl (C=O) groups excluding carboxylic acids is 1. The lowest BCUT2D eigenvalue weighted by Crippen LogP contribution is -2.33. The lowest BCUT2D eigenvalue weighted by molar-refractivity contribution is -0.131. The molecule has 2 rings (SSSR count). The first-order valence-electron chi connectivity index (χ1n) is 6.66. The normalized spacial score (nSPS) is 21.2. The smallest absolute Gasteiger partial charge is 0.328 e. The van der Waals surface area contributed by atoms with Gasteiger partial charge in [0.2, 0.25) is 0 Å². The predicted octanol–water partition coefficient (Wildman–Crippen LogP) is 3.15. The van der Waals surface area contributed by atoms with Crippen molar-refractivity contribution in [2.24, 2.45) is 5.41 Å². The second-order valence-corrected chi connectivity index (χ2v) is 6.93. The zero-order valence-corrected chi connectivity index (χ0v) is 12.5. The average Bonchev–Trinajstić information content (AvgIpc) is 2.93. The standard InChI is InChI=1S/C15H19NO3S/c1-15(2)6-5-11(8-15)16-14(19)10-7-12(20-9-10)3-4-13(17)18/h3-4,7,9,11H,5-6,8H2,1-2H3,(H,16,19)(H,17,18)/b4-3+. The quantitative estimate of drug-likeness (QED) is 0.838. The third kappa shape index (κ3) is 3.93. The monoisotopic (exact) mass is 293 g/mol. The van der Waals surface area contributed by atoms with Crippen molar-refractivity contribution in [3.8, 4) is 0 Å². The van der Waals surface area contributed by atoms with Gasteiger partial charge in [-0.15, -0.1) is 11.3 Å². The Morgan fingerprint density at radius 3 is 2.85 bits per heavy atom. The number of thiophene rings is 1. The molecule has 1 aliphatic carbocycles. The Hall–Kier alpha value is -1.62. The fraction of sp³-hybridized carbons (Fsp3) is 0.467. The van der Waals surface area contributed by atoms with Crippen LogP contribution in [0.3, 0.4) is 0 Å². The van der Waals surface area contributed by atoms with E-state index in [1.807, 2.05) is 0 Å². The Balaban J connectivity index is 1.95. The molecule has 0 aliphatic heterocycles. The summed E-state index contributed by atoms with van der Waals surface area (Å²) in [7, 11) is 0. The van der Waals surface area contributed by atoms with Crippen molar-refractivity contribution in [3.63, 3.8) is 0 Å². The molecule has 0 aromatic carbocycles. The van der Waals surface area contributed by atoms with Crippen molar-refractivity contribution in [1.82, 2.24) is 5.32 Å². The van der Waals surface area contributed by atoms with Crippen molar-refractivity contribution in [2.75, 3.05) is 0 Å². The van der Waals surface area contributed by atoms with Crippen LogP contribution in [0.2, 0.25) is 0 Å². The summed E-state index contributed by atoms with van der Waals surface area (Å²) >= 11 is 1.37. The van der Waals surface area contributed by atoms with Crippen LogP contribution in [0.4, 0.5) is 0 Å². The van der Waals surface area contributed by atoms with Crippen LogP contribution in [0, 0.1) is 5.41 Å². The fourth-order valence-corrected chi connectivity index (χ4v) is 3.32. The number of aliphatic carboxylic acids is 1. The molecule has 108 valence electrons. The van der Waals surface area contributed by atoms with Crippen LogP contribution < -0.4 is 5.32 Å². The summed E-state index contributed by atoms with van der Waals surface area (Å²) in [5.74, 6) is -1.06. The van der Waals surface area contributed by atoms with E-state index in [0.717, 1.165) is 30.2 Å². The first-order valence-corrected chi connectivity index (χ1v) is 7.54. The van der Waals surface area contributed by atoms with Gasteiger partial charge in [-0.25, -0.2) is 4.79 Å². The van der Waals surface area contributed by atoms with E-state index in [2.05, 4.69) is 19.2 Å². The van der Waals surface area contributed by atoms with Gasteiger partial charge in [0.05, 0.1) is 5.56 Å². The van der Waals surface area contributed by atoms with E-state index >= 15 is 0 Å². The molecule has 0 radical (unpaired) electrons. The molecule has 20 heavy (non-hydrogen) atoms. The number of nitrogens with one attached hydrogen (secondary N) is 1. The molecule has 1 amide bonds. The van der Waals surface area contributed by atoms with E-state index in [-0.39, 0.29) is 11.9 Å². The zero-order valence-electron chi connectivity index (χ0n) is 11.7. The molecule has 5 heteroatoms. The van der Waals surface area contributed by atoms with Crippen LogP contribution >= 0.6 is 11.3 Å². The van der Waals surface area contributed by atoms with Crippen LogP contribution in [0.1, 0.15) is 48.3 Å². The first kappa shape index (κ1) is 14.8. The summed E-state index contributed by atoms with van der Waals surface area (Å²) in [5.41, 5.74) is 0.909. The predicted molar refractivity (Wildman–Crippen MR) is 79.9 cm³/mol. The maximum Gasteiger partial charge on any atom is 0.328 e. The summed E-state index contributed by atoms with van der Waals surface area (Å²) in [6.07, 6.45) is 5.74. The number of carboxylic acids is 1. The van der Waals surface area contributed by atoms with E-state index in [1.54, 1.807) is 11.4 Å². The molecule has 0 saturated heterocycles. The van der Waals surface area contributed by atoms with E-state index in [0.29, 0.717) is 11.0 Å². The molecule has 1 aliphatic rings. The van der Waals surface area contributed by atoms with Crippen LogP contribution in [-0.2, 0) is 4.79 Å². The van der Waals surface area contributed by atoms with Crippen molar-refractivity contribution in [3.05, 3.63) is 28.0 Å². The minimum absolute atomic E-state index is 0.0704. The van der Waals surface area contributed by atoms with E-state index in [4.69, 9.17) is 5.11 Å². The lowest BCUT2D eigenvalue weighted by Gasteiger charge is -2.17. The van der Waals surface area contributed by atoms with Gasteiger partial charge in [0.25, 0.3) is 5.91 Å². The van der Waals surface area contributed by atoms with Gasteiger partial charge in [0.1, 0.15) is 0 Å². The summed E-state index contributed by atoms with van der Waals surface area (Å²) < 4.78 is 0. The molecule has 1 unspecified atom stereocenters. The van der Waals surface area contributed by atoms with Crippen molar-refractivity contribution >= 4 is 29.3 Å². The molecule has 1 heterocycles. The van der Waals surface area contributed by atoms with Gasteiger partial charge < -0.3 is 10.4 Å². The summed E-state index contributed by atoms with van der Waals surface area (Å²) in [6, 6.07) is 1.97. The van der Waals surface area contributed by atoms with Crippen LogP contribution in [0.25, 0.3) is 6.08 Å². The Morgan fingerprint density at radius 1 is 1.50 bits per heavy atom.